The summed E-state index contributed by atoms with van der Waals surface area (Å²) in [5.41, 5.74) is 0. The summed E-state index contributed by atoms with van der Waals surface area (Å²) in [5, 5.41) is 0. The zero-order valence-electron chi connectivity index (χ0n) is 14.0. The molecule has 0 radical (unpaired) electrons. The van der Waals surface area contributed by atoms with E-state index in [0.29, 0.717) is 6.61 Å². The molecule has 0 rings (SSSR count). The number of carbonyl (C=O) groups excluding carboxylic acids is 1. The molecule has 4 heteroatoms. The van der Waals surface area contributed by atoms with Gasteiger partial charge in [0.25, 0.3) is 8.32 Å². The Morgan fingerprint density at radius 2 is 1.35 bits per heavy atom. The Hall–Kier alpha value is -0.513. The highest BCUT2D eigenvalue weighted by atomic mass is 28.4. The molecule has 0 spiro atoms. The van der Waals surface area contributed by atoms with Crippen LogP contribution in [0.1, 0.15) is 71.6 Å². The summed E-state index contributed by atoms with van der Waals surface area (Å²) in [5.74, 6) is 0. The van der Waals surface area contributed by atoms with Gasteiger partial charge in [0, 0.05) is 0 Å². The fourth-order valence-electron chi connectivity index (χ4n) is 1.90. The van der Waals surface area contributed by atoms with Gasteiger partial charge in [0.15, 0.2) is 0 Å². The number of unbranched alkanes of at least 4 members (excludes halogenated alkanes) is 8. The van der Waals surface area contributed by atoms with Crippen LogP contribution in [-0.4, -0.2) is 21.1 Å². The van der Waals surface area contributed by atoms with Crippen molar-refractivity contribution in [3.8, 4) is 0 Å². The molecule has 120 valence electrons. The molecule has 0 bridgehead atoms. The second-order valence-corrected chi connectivity index (χ2v) is 10.6. The van der Waals surface area contributed by atoms with Crippen LogP contribution in [0.15, 0.2) is 0 Å². The molecule has 0 aromatic rings. The van der Waals surface area contributed by atoms with Crippen LogP contribution in [0.5, 0.6) is 0 Å². The third kappa shape index (κ3) is 12.5. The lowest BCUT2D eigenvalue weighted by atomic mass is 10.1. The second-order valence-electron chi connectivity index (χ2n) is 6.14. The molecule has 0 aliphatic heterocycles. The van der Waals surface area contributed by atoms with E-state index in [4.69, 9.17) is 9.16 Å². The zero-order valence-corrected chi connectivity index (χ0v) is 15.0. The van der Waals surface area contributed by atoms with Crippen molar-refractivity contribution >= 4 is 14.5 Å². The Morgan fingerprint density at radius 1 is 0.850 bits per heavy atom. The molecule has 0 aliphatic rings. The van der Waals surface area contributed by atoms with Crippen molar-refractivity contribution in [2.75, 3.05) is 6.61 Å². The Labute approximate surface area is 126 Å². The third-order valence-corrected chi connectivity index (χ3v) is 6.10. The monoisotopic (exact) mass is 302 g/mol. The Kier molecular flexibility index (Phi) is 11.9. The first-order valence-electron chi connectivity index (χ1n) is 8.37. The minimum absolute atomic E-state index is 0.469. The standard InChI is InChI=1S/C16H34O3Si/c1-5-7-8-9-10-11-12-13-14-15-18-16(17)19-20(3,4)6-2/h5-15H2,1-4H3. The number of hydrogen-bond donors (Lipinski definition) is 0. The van der Waals surface area contributed by atoms with Crippen LogP contribution in [0.25, 0.3) is 0 Å². The van der Waals surface area contributed by atoms with Crippen molar-refractivity contribution in [3.63, 3.8) is 0 Å². The third-order valence-electron chi connectivity index (χ3n) is 3.68. The van der Waals surface area contributed by atoms with E-state index in [2.05, 4.69) is 13.8 Å². The van der Waals surface area contributed by atoms with Gasteiger partial charge in [-0.25, -0.2) is 4.79 Å². The van der Waals surface area contributed by atoms with E-state index < -0.39 is 14.5 Å². The van der Waals surface area contributed by atoms with E-state index in [1.165, 1.54) is 44.9 Å². The Bertz CT molecular complexity index is 242. The molecule has 0 saturated carbocycles. The van der Waals surface area contributed by atoms with Gasteiger partial charge in [0.2, 0.25) is 0 Å². The summed E-state index contributed by atoms with van der Waals surface area (Å²) in [4.78, 5) is 11.4. The molecular formula is C16H34O3Si. The number of hydrogen-bond acceptors (Lipinski definition) is 3. The molecule has 0 unspecified atom stereocenters. The van der Waals surface area contributed by atoms with E-state index in [1.54, 1.807) is 0 Å². The fraction of sp³-hybridized carbons (Fsp3) is 0.938. The summed E-state index contributed by atoms with van der Waals surface area (Å²) in [7, 11) is -1.81. The molecule has 0 fully saturated rings. The molecule has 0 heterocycles. The summed E-state index contributed by atoms with van der Waals surface area (Å²) in [6.45, 7) is 8.87. The maximum Gasteiger partial charge on any atom is 0.494 e. The smallest absolute Gasteiger partial charge is 0.489 e. The molecule has 0 N–H and O–H groups in total. The van der Waals surface area contributed by atoms with Crippen LogP contribution in [0.4, 0.5) is 4.79 Å². The molecule has 0 aliphatic carbocycles. The average Bonchev–Trinajstić information content (AvgIpc) is 2.40. The summed E-state index contributed by atoms with van der Waals surface area (Å²) in [6, 6.07) is 0.931. The topological polar surface area (TPSA) is 35.5 Å². The van der Waals surface area contributed by atoms with Crippen LogP contribution in [0.2, 0.25) is 19.1 Å². The van der Waals surface area contributed by atoms with Crippen molar-refractivity contribution in [2.45, 2.75) is 90.8 Å². The van der Waals surface area contributed by atoms with Crippen LogP contribution >= 0.6 is 0 Å². The lowest BCUT2D eigenvalue weighted by molar-refractivity contribution is 0.0948. The molecule has 3 nitrogen and oxygen atoms in total. The predicted octanol–water partition coefficient (Wildman–Crippen LogP) is 5.90. The summed E-state index contributed by atoms with van der Waals surface area (Å²) < 4.78 is 10.5. The first-order valence-corrected chi connectivity index (χ1v) is 11.5. The first kappa shape index (κ1) is 19.5. The van der Waals surface area contributed by atoms with E-state index in [1.807, 2.05) is 13.1 Å². The SMILES string of the molecule is CCCCCCCCCCCOC(=O)O[Si](C)(C)CC. The van der Waals surface area contributed by atoms with Crippen LogP contribution in [0, 0.1) is 0 Å². The highest BCUT2D eigenvalue weighted by Gasteiger charge is 2.25. The van der Waals surface area contributed by atoms with Crippen LogP contribution in [0.3, 0.4) is 0 Å². The zero-order chi connectivity index (χ0) is 15.3. The maximum absolute atomic E-state index is 11.4. The summed E-state index contributed by atoms with van der Waals surface area (Å²) >= 11 is 0. The van der Waals surface area contributed by atoms with Crippen molar-refractivity contribution in [1.29, 1.82) is 0 Å². The van der Waals surface area contributed by atoms with Crippen molar-refractivity contribution in [3.05, 3.63) is 0 Å². The van der Waals surface area contributed by atoms with Gasteiger partial charge in [0.05, 0.1) is 6.61 Å². The highest BCUT2D eigenvalue weighted by Crippen LogP contribution is 2.12. The van der Waals surface area contributed by atoms with Gasteiger partial charge in [-0.15, -0.1) is 0 Å². The van der Waals surface area contributed by atoms with Gasteiger partial charge in [0.1, 0.15) is 0 Å². The van der Waals surface area contributed by atoms with Gasteiger partial charge in [-0.05, 0) is 25.6 Å². The van der Waals surface area contributed by atoms with E-state index in [0.717, 1.165) is 18.9 Å². The second kappa shape index (κ2) is 12.2. The molecule has 0 aromatic heterocycles. The van der Waals surface area contributed by atoms with Gasteiger partial charge in [-0.3, -0.25) is 0 Å². The minimum atomic E-state index is -1.81. The minimum Gasteiger partial charge on any atom is -0.489 e. The molecular weight excluding hydrogens is 268 g/mol. The van der Waals surface area contributed by atoms with Crippen molar-refractivity contribution < 1.29 is 14.0 Å². The maximum atomic E-state index is 11.4. The molecule has 0 amide bonds. The lowest BCUT2D eigenvalue weighted by Gasteiger charge is -2.19. The van der Waals surface area contributed by atoms with Gasteiger partial charge >= 0.3 is 6.16 Å². The average molecular weight is 303 g/mol. The number of ether oxygens (including phenoxy) is 1. The fourth-order valence-corrected chi connectivity index (χ4v) is 2.55. The largest absolute Gasteiger partial charge is 0.494 e. The Morgan fingerprint density at radius 3 is 1.85 bits per heavy atom. The molecule has 0 atom stereocenters. The number of rotatable bonds is 12. The van der Waals surface area contributed by atoms with E-state index >= 15 is 0 Å². The van der Waals surface area contributed by atoms with E-state index in [9.17, 15) is 4.79 Å². The predicted molar refractivity (Wildman–Crippen MR) is 87.6 cm³/mol. The Balaban J connectivity index is 3.30. The van der Waals surface area contributed by atoms with Crippen LogP contribution in [-0.2, 0) is 9.16 Å². The molecule has 20 heavy (non-hydrogen) atoms. The van der Waals surface area contributed by atoms with Gasteiger partial charge in [-0.2, -0.15) is 0 Å². The molecule has 0 aromatic carbocycles. The normalized spacial score (nSPS) is 11.4. The summed E-state index contributed by atoms with van der Waals surface area (Å²) in [6.07, 6.45) is 11.0. The first-order chi connectivity index (χ1) is 9.52. The molecule has 0 saturated heterocycles. The van der Waals surface area contributed by atoms with Crippen LogP contribution < -0.4 is 0 Å². The van der Waals surface area contributed by atoms with Gasteiger partial charge in [-0.1, -0.05) is 65.2 Å². The highest BCUT2D eigenvalue weighted by molar-refractivity contribution is 6.72. The number of carbonyl (C=O) groups is 1. The van der Waals surface area contributed by atoms with Crippen molar-refractivity contribution in [2.24, 2.45) is 0 Å². The lowest BCUT2D eigenvalue weighted by Crippen LogP contribution is -2.32. The van der Waals surface area contributed by atoms with Gasteiger partial charge < -0.3 is 9.16 Å². The van der Waals surface area contributed by atoms with Crippen molar-refractivity contribution in [1.82, 2.24) is 0 Å². The van der Waals surface area contributed by atoms with E-state index in [-0.39, 0.29) is 0 Å². The quantitative estimate of drug-likeness (QED) is 0.256.